The van der Waals surface area contributed by atoms with E-state index in [-0.39, 0.29) is 0 Å². The smallest absolute Gasteiger partial charge is 0.165 e. The van der Waals surface area contributed by atoms with Crippen molar-refractivity contribution in [2.45, 2.75) is 5.25 Å². The van der Waals surface area contributed by atoms with Crippen molar-refractivity contribution in [2.75, 3.05) is 0 Å². The van der Waals surface area contributed by atoms with Crippen LogP contribution in [-0.2, 0) is 0 Å². The zero-order chi connectivity index (χ0) is 14.8. The van der Waals surface area contributed by atoms with Gasteiger partial charge in [-0.1, -0.05) is 84.6 Å². The van der Waals surface area contributed by atoms with Gasteiger partial charge in [0.1, 0.15) is 5.75 Å². The van der Waals surface area contributed by atoms with E-state index in [1.165, 1.54) is 11.1 Å². The number of rotatable bonds is 3. The lowest BCUT2D eigenvalue weighted by Crippen LogP contribution is -2.11. The molecule has 4 rings (SSSR count). The molecule has 1 nitrogen and oxygen atoms in total. The molecule has 0 spiro atoms. The molecule has 0 bridgehead atoms. The van der Waals surface area contributed by atoms with Gasteiger partial charge in [0.15, 0.2) is 5.09 Å². The minimum atomic E-state index is 0.385. The summed E-state index contributed by atoms with van der Waals surface area (Å²) in [6, 6.07) is 20.6. The Labute approximate surface area is 135 Å². The highest BCUT2D eigenvalue weighted by Crippen LogP contribution is 2.49. The first-order valence-electron chi connectivity index (χ1n) is 7.46. The summed E-state index contributed by atoms with van der Waals surface area (Å²) in [6.07, 6.45) is 8.80. The molecule has 0 N–H and O–H groups in total. The van der Waals surface area contributed by atoms with Crippen molar-refractivity contribution in [3.63, 3.8) is 0 Å². The van der Waals surface area contributed by atoms with Crippen LogP contribution in [0.25, 0.3) is 5.57 Å². The van der Waals surface area contributed by atoms with Crippen LogP contribution in [0.4, 0.5) is 0 Å². The van der Waals surface area contributed by atoms with E-state index in [0.29, 0.717) is 11.2 Å². The summed E-state index contributed by atoms with van der Waals surface area (Å²) in [5.41, 5.74) is 2.54. The van der Waals surface area contributed by atoms with E-state index in [9.17, 15) is 0 Å². The molecule has 108 valence electrons. The molecule has 2 atom stereocenters. The minimum absolute atomic E-state index is 0.385. The van der Waals surface area contributed by atoms with E-state index in [0.717, 1.165) is 10.8 Å². The highest BCUT2D eigenvalue weighted by molar-refractivity contribution is 8.04. The third kappa shape index (κ3) is 2.51. The maximum absolute atomic E-state index is 6.21. The van der Waals surface area contributed by atoms with Gasteiger partial charge in [-0.2, -0.15) is 0 Å². The largest absolute Gasteiger partial charge is 0.450 e. The van der Waals surface area contributed by atoms with Gasteiger partial charge >= 0.3 is 0 Å². The maximum Gasteiger partial charge on any atom is 0.165 e. The fourth-order valence-electron chi connectivity index (χ4n) is 2.89. The van der Waals surface area contributed by atoms with Crippen molar-refractivity contribution in [3.05, 3.63) is 95.6 Å². The van der Waals surface area contributed by atoms with E-state index in [1.54, 1.807) is 0 Å². The fourth-order valence-corrected chi connectivity index (χ4v) is 4.20. The molecule has 0 amide bonds. The maximum atomic E-state index is 6.21. The average molecular weight is 304 g/mol. The Bertz CT molecular complexity index is 744. The highest BCUT2D eigenvalue weighted by Gasteiger charge is 2.35. The summed E-state index contributed by atoms with van der Waals surface area (Å²) in [4.78, 5) is 0. The molecule has 1 aliphatic carbocycles. The number of hydrogen-bond donors (Lipinski definition) is 0. The quantitative estimate of drug-likeness (QED) is 0.761. The van der Waals surface area contributed by atoms with Gasteiger partial charge in [-0.3, -0.25) is 0 Å². The third-order valence-corrected chi connectivity index (χ3v) is 5.16. The molecule has 0 aromatic heterocycles. The number of benzene rings is 2. The van der Waals surface area contributed by atoms with Crippen molar-refractivity contribution in [3.8, 4) is 5.75 Å². The van der Waals surface area contributed by atoms with E-state index in [1.807, 2.05) is 42.1 Å². The number of hydrogen-bond acceptors (Lipinski definition) is 2. The van der Waals surface area contributed by atoms with Gasteiger partial charge in [0, 0.05) is 16.7 Å². The Kier molecular flexibility index (Phi) is 3.61. The number of fused-ring (bicyclic) bond motifs is 1. The molecule has 1 heterocycles. The van der Waals surface area contributed by atoms with Crippen LogP contribution in [0, 0.1) is 5.92 Å². The Hall–Kier alpha value is -2.19. The topological polar surface area (TPSA) is 9.23 Å². The predicted molar refractivity (Wildman–Crippen MR) is 93.6 cm³/mol. The van der Waals surface area contributed by atoms with Gasteiger partial charge in [0.25, 0.3) is 0 Å². The van der Waals surface area contributed by atoms with Gasteiger partial charge < -0.3 is 4.74 Å². The van der Waals surface area contributed by atoms with E-state index in [4.69, 9.17) is 4.74 Å². The van der Waals surface area contributed by atoms with Crippen LogP contribution < -0.4 is 4.74 Å². The molecule has 2 heteroatoms. The second kappa shape index (κ2) is 5.90. The Morgan fingerprint density at radius 3 is 2.23 bits per heavy atom. The van der Waals surface area contributed by atoms with Crippen LogP contribution in [-0.4, -0.2) is 5.25 Å². The number of allylic oxidation sites excluding steroid dienone is 4. The first-order valence-corrected chi connectivity index (χ1v) is 8.34. The van der Waals surface area contributed by atoms with Crippen molar-refractivity contribution in [2.24, 2.45) is 5.92 Å². The summed E-state index contributed by atoms with van der Waals surface area (Å²) in [6.45, 7) is 0. The summed E-state index contributed by atoms with van der Waals surface area (Å²) < 4.78 is 6.21. The first kappa shape index (κ1) is 13.5. The van der Waals surface area contributed by atoms with Crippen LogP contribution in [0.5, 0.6) is 5.75 Å². The molecule has 1 aliphatic heterocycles. The van der Waals surface area contributed by atoms with E-state index in [2.05, 4.69) is 54.6 Å². The first-order chi connectivity index (χ1) is 10.9. The average Bonchev–Trinajstić information content (AvgIpc) is 2.94. The van der Waals surface area contributed by atoms with Crippen LogP contribution in [0.2, 0.25) is 0 Å². The Morgan fingerprint density at radius 2 is 1.45 bits per heavy atom. The van der Waals surface area contributed by atoms with Crippen molar-refractivity contribution >= 4 is 17.3 Å². The van der Waals surface area contributed by atoms with Crippen LogP contribution in [0.15, 0.2) is 90.1 Å². The van der Waals surface area contributed by atoms with Gasteiger partial charge in [0.05, 0.1) is 0 Å². The Balaban J connectivity index is 1.76. The molecular formula is C20H16OS. The van der Waals surface area contributed by atoms with Gasteiger partial charge in [0.2, 0.25) is 0 Å². The molecule has 0 fully saturated rings. The van der Waals surface area contributed by atoms with Gasteiger partial charge in [-0.15, -0.1) is 0 Å². The number of thioether (sulfide) groups is 1. The Morgan fingerprint density at radius 1 is 0.773 bits per heavy atom. The lowest BCUT2D eigenvalue weighted by atomic mass is 9.88. The fraction of sp³-hybridized carbons (Fsp3) is 0.100. The van der Waals surface area contributed by atoms with Crippen molar-refractivity contribution in [1.29, 1.82) is 0 Å². The molecule has 2 aromatic carbocycles. The lowest BCUT2D eigenvalue weighted by Gasteiger charge is -2.17. The second-order valence-corrected chi connectivity index (χ2v) is 6.51. The van der Waals surface area contributed by atoms with Crippen molar-refractivity contribution in [1.82, 2.24) is 0 Å². The zero-order valence-electron chi connectivity index (χ0n) is 12.1. The standard InChI is InChI=1S/C20H16OS/c1-3-9-15(10-4-1)19-17-13-7-8-14-18(17)22-20(19)21-16-11-5-2-6-12-16/h1-14,17-18H. The van der Waals surface area contributed by atoms with Crippen LogP contribution in [0.1, 0.15) is 5.56 Å². The minimum Gasteiger partial charge on any atom is -0.450 e. The van der Waals surface area contributed by atoms with Gasteiger partial charge in [-0.05, 0) is 17.7 Å². The summed E-state index contributed by atoms with van der Waals surface area (Å²) in [5.74, 6) is 1.28. The van der Waals surface area contributed by atoms with E-state index < -0.39 is 0 Å². The molecular weight excluding hydrogens is 288 g/mol. The van der Waals surface area contributed by atoms with Crippen LogP contribution in [0.3, 0.4) is 0 Å². The van der Waals surface area contributed by atoms with Gasteiger partial charge in [-0.25, -0.2) is 0 Å². The number of para-hydroxylation sites is 1. The zero-order valence-corrected chi connectivity index (χ0v) is 12.9. The van der Waals surface area contributed by atoms with Crippen molar-refractivity contribution < 1.29 is 4.74 Å². The molecule has 2 unspecified atom stereocenters. The molecule has 0 saturated carbocycles. The highest BCUT2D eigenvalue weighted by atomic mass is 32.2. The molecule has 2 aliphatic rings. The monoisotopic (exact) mass is 304 g/mol. The SMILES string of the molecule is C1=CC2SC(Oc3ccccc3)=C(c3ccccc3)C2C=C1. The molecule has 22 heavy (non-hydrogen) atoms. The molecule has 0 saturated heterocycles. The summed E-state index contributed by atoms with van der Waals surface area (Å²) >= 11 is 1.81. The van der Waals surface area contributed by atoms with E-state index >= 15 is 0 Å². The summed E-state index contributed by atoms with van der Waals surface area (Å²) in [5, 5.41) is 1.45. The summed E-state index contributed by atoms with van der Waals surface area (Å²) in [7, 11) is 0. The predicted octanol–water partition coefficient (Wildman–Crippen LogP) is 5.29. The number of ether oxygens (including phenoxy) is 1. The third-order valence-electron chi connectivity index (χ3n) is 3.92. The second-order valence-electron chi connectivity index (χ2n) is 5.36. The molecule has 2 aromatic rings. The normalized spacial score (nSPS) is 22.7. The van der Waals surface area contributed by atoms with Crippen LogP contribution >= 0.6 is 11.8 Å². The lowest BCUT2D eigenvalue weighted by molar-refractivity contribution is 0.468. The molecule has 0 radical (unpaired) electrons.